The van der Waals surface area contributed by atoms with Crippen molar-refractivity contribution in [1.29, 1.82) is 0 Å². The number of aromatic nitrogens is 1. The zero-order valence-corrected chi connectivity index (χ0v) is 17.8. The molecule has 4 rings (SSSR count). The van der Waals surface area contributed by atoms with Gasteiger partial charge >= 0.3 is 0 Å². The molecular formula is C23H23N3O3S. The molecule has 154 valence electrons. The van der Waals surface area contributed by atoms with Gasteiger partial charge < -0.3 is 15.0 Å². The Hall–Kier alpha value is -3.19. The second-order valence-electron chi connectivity index (χ2n) is 7.20. The van der Waals surface area contributed by atoms with Gasteiger partial charge in [-0.15, -0.1) is 11.3 Å². The fourth-order valence-corrected chi connectivity index (χ4v) is 4.32. The lowest BCUT2D eigenvalue weighted by atomic mass is 10.1. The molecule has 0 bridgehead atoms. The molecule has 0 atom stereocenters. The van der Waals surface area contributed by atoms with Gasteiger partial charge in [-0.2, -0.15) is 0 Å². The molecule has 1 N–H and O–H groups in total. The summed E-state index contributed by atoms with van der Waals surface area (Å²) in [4.78, 5) is 30.4. The third kappa shape index (κ3) is 4.36. The number of nitrogens with one attached hydrogen (secondary N) is 1. The van der Waals surface area contributed by atoms with E-state index in [2.05, 4.69) is 16.4 Å². The molecule has 1 aliphatic rings. The van der Waals surface area contributed by atoms with Crippen molar-refractivity contribution in [3.8, 4) is 17.0 Å². The maximum Gasteiger partial charge on any atom is 0.226 e. The van der Waals surface area contributed by atoms with Gasteiger partial charge in [-0.25, -0.2) is 4.98 Å². The normalized spacial score (nSPS) is 12.5. The first-order valence-corrected chi connectivity index (χ1v) is 10.7. The van der Waals surface area contributed by atoms with Crippen LogP contribution in [0.2, 0.25) is 0 Å². The van der Waals surface area contributed by atoms with Gasteiger partial charge in [0.15, 0.2) is 5.13 Å². The average Bonchev–Trinajstić information content (AvgIpc) is 3.39. The van der Waals surface area contributed by atoms with Gasteiger partial charge in [-0.05, 0) is 48.2 Å². The van der Waals surface area contributed by atoms with E-state index >= 15 is 0 Å². The Morgan fingerprint density at radius 3 is 2.73 bits per heavy atom. The van der Waals surface area contributed by atoms with Gasteiger partial charge in [-0.1, -0.05) is 18.2 Å². The monoisotopic (exact) mass is 421 g/mol. The number of carbonyl (C=O) groups excluding carboxylic acids is 2. The van der Waals surface area contributed by atoms with Crippen molar-refractivity contribution < 1.29 is 14.3 Å². The number of carbonyl (C=O) groups is 2. The van der Waals surface area contributed by atoms with Crippen LogP contribution in [0.25, 0.3) is 11.3 Å². The highest BCUT2D eigenvalue weighted by molar-refractivity contribution is 7.14. The predicted molar refractivity (Wildman–Crippen MR) is 119 cm³/mol. The summed E-state index contributed by atoms with van der Waals surface area (Å²) in [6.07, 6.45) is 1.90. The van der Waals surface area contributed by atoms with Crippen LogP contribution in [-0.2, 0) is 22.4 Å². The number of fused-ring (bicyclic) bond motifs is 1. The van der Waals surface area contributed by atoms with Gasteiger partial charge in [0.25, 0.3) is 0 Å². The van der Waals surface area contributed by atoms with E-state index in [1.54, 1.807) is 18.9 Å². The van der Waals surface area contributed by atoms with Crippen molar-refractivity contribution in [2.75, 3.05) is 23.9 Å². The molecule has 0 aliphatic carbocycles. The van der Waals surface area contributed by atoms with Crippen molar-refractivity contribution in [1.82, 2.24) is 4.98 Å². The van der Waals surface area contributed by atoms with E-state index in [0.717, 1.165) is 46.8 Å². The predicted octanol–water partition coefficient (Wildman–Crippen LogP) is 4.30. The summed E-state index contributed by atoms with van der Waals surface area (Å²) < 4.78 is 5.15. The summed E-state index contributed by atoms with van der Waals surface area (Å²) in [5.41, 5.74) is 5.04. The molecule has 2 amide bonds. The molecule has 0 fully saturated rings. The number of hydrogen-bond acceptors (Lipinski definition) is 5. The van der Waals surface area contributed by atoms with E-state index in [0.29, 0.717) is 18.0 Å². The Kier molecular flexibility index (Phi) is 5.81. The maximum atomic E-state index is 12.3. The van der Waals surface area contributed by atoms with E-state index in [4.69, 9.17) is 4.74 Å². The molecule has 1 aliphatic heterocycles. The zero-order valence-electron chi connectivity index (χ0n) is 17.0. The van der Waals surface area contributed by atoms with E-state index in [9.17, 15) is 9.59 Å². The number of ether oxygens (including phenoxy) is 1. The smallest absolute Gasteiger partial charge is 0.226 e. The number of rotatable bonds is 6. The molecule has 0 saturated carbocycles. The fourth-order valence-electron chi connectivity index (χ4n) is 3.58. The van der Waals surface area contributed by atoms with Gasteiger partial charge in [0.2, 0.25) is 11.8 Å². The molecule has 6 nitrogen and oxygen atoms in total. The molecule has 0 unspecified atom stereocenters. The van der Waals surface area contributed by atoms with E-state index < -0.39 is 0 Å². The summed E-state index contributed by atoms with van der Waals surface area (Å²) in [6, 6.07) is 13.8. The number of methoxy groups -OCH3 is 1. The highest BCUT2D eigenvalue weighted by Crippen LogP contribution is 2.33. The topological polar surface area (TPSA) is 71.5 Å². The fraction of sp³-hybridized carbons (Fsp3) is 0.261. The molecule has 2 heterocycles. The van der Waals surface area contributed by atoms with Crippen LogP contribution in [-0.4, -0.2) is 30.5 Å². The number of aryl methyl sites for hydroxylation is 1. The van der Waals surface area contributed by atoms with Crippen LogP contribution in [0.4, 0.5) is 10.8 Å². The minimum absolute atomic E-state index is 0.0576. The van der Waals surface area contributed by atoms with Crippen LogP contribution < -0.4 is 15.0 Å². The van der Waals surface area contributed by atoms with Crippen molar-refractivity contribution in [2.45, 2.75) is 26.2 Å². The largest absolute Gasteiger partial charge is 0.497 e. The lowest BCUT2D eigenvalue weighted by Gasteiger charge is -2.14. The van der Waals surface area contributed by atoms with Crippen molar-refractivity contribution in [3.63, 3.8) is 0 Å². The molecule has 0 saturated heterocycles. The van der Waals surface area contributed by atoms with Crippen LogP contribution in [0, 0.1) is 0 Å². The zero-order chi connectivity index (χ0) is 21.1. The van der Waals surface area contributed by atoms with Crippen LogP contribution in [0.5, 0.6) is 5.75 Å². The number of benzene rings is 2. The Balaban J connectivity index is 1.37. The summed E-state index contributed by atoms with van der Waals surface area (Å²) in [5.74, 6) is 0.812. The molecule has 1 aromatic heterocycles. The van der Waals surface area contributed by atoms with Gasteiger partial charge in [-0.3, -0.25) is 9.59 Å². The third-order valence-electron chi connectivity index (χ3n) is 5.20. The molecule has 30 heavy (non-hydrogen) atoms. The number of hydrogen-bond donors (Lipinski definition) is 1. The van der Waals surface area contributed by atoms with Crippen LogP contribution >= 0.6 is 11.3 Å². The summed E-state index contributed by atoms with van der Waals surface area (Å²) in [5, 5.41) is 5.43. The number of amides is 2. The number of anilines is 2. The lowest BCUT2D eigenvalue weighted by molar-refractivity contribution is -0.117. The third-order valence-corrected chi connectivity index (χ3v) is 5.96. The Morgan fingerprint density at radius 2 is 2.00 bits per heavy atom. The van der Waals surface area contributed by atoms with Gasteiger partial charge in [0.1, 0.15) is 5.75 Å². The van der Waals surface area contributed by atoms with Crippen LogP contribution in [0.3, 0.4) is 0 Å². The molecule has 0 radical (unpaired) electrons. The Bertz CT molecular complexity index is 1080. The van der Waals surface area contributed by atoms with Gasteiger partial charge in [0.05, 0.1) is 12.8 Å². The average molecular weight is 422 g/mol. The molecule has 7 heteroatoms. The number of thiazole rings is 1. The van der Waals surface area contributed by atoms with Crippen molar-refractivity contribution >= 4 is 34.0 Å². The van der Waals surface area contributed by atoms with E-state index in [1.807, 2.05) is 41.8 Å². The van der Waals surface area contributed by atoms with Crippen molar-refractivity contribution in [2.24, 2.45) is 0 Å². The SMILES string of the molecule is COc1ccc(CCC(=O)Nc2nc(-c3ccc4c(c3)CCN4C(C)=O)cs2)cc1. The minimum Gasteiger partial charge on any atom is -0.497 e. The highest BCUT2D eigenvalue weighted by Gasteiger charge is 2.22. The van der Waals surface area contributed by atoms with Crippen LogP contribution in [0.15, 0.2) is 47.8 Å². The quantitative estimate of drug-likeness (QED) is 0.644. The molecular weight excluding hydrogens is 398 g/mol. The maximum absolute atomic E-state index is 12.3. The molecule has 0 spiro atoms. The van der Waals surface area contributed by atoms with E-state index in [-0.39, 0.29) is 11.8 Å². The standard InChI is InChI=1S/C23H23N3O3S/c1-15(27)26-12-11-18-13-17(6-9-21(18)26)20-14-30-23(24-20)25-22(28)10-5-16-3-7-19(29-2)8-4-16/h3-4,6-9,13-14H,5,10-12H2,1-2H3,(H,24,25,28). The lowest BCUT2D eigenvalue weighted by Crippen LogP contribution is -2.25. The second-order valence-corrected chi connectivity index (χ2v) is 8.06. The minimum atomic E-state index is -0.0576. The second kappa shape index (κ2) is 8.67. The molecule has 2 aromatic carbocycles. The highest BCUT2D eigenvalue weighted by atomic mass is 32.1. The first kappa shape index (κ1) is 20.1. The first-order valence-electron chi connectivity index (χ1n) is 9.83. The van der Waals surface area contributed by atoms with Crippen molar-refractivity contribution in [3.05, 3.63) is 59.0 Å². The Labute approximate surface area is 179 Å². The summed E-state index contributed by atoms with van der Waals surface area (Å²) >= 11 is 1.41. The number of nitrogens with zero attached hydrogens (tertiary/aromatic N) is 2. The molecule has 3 aromatic rings. The van der Waals surface area contributed by atoms with Gasteiger partial charge in [0, 0.05) is 36.5 Å². The summed E-state index contributed by atoms with van der Waals surface area (Å²) in [6.45, 7) is 2.31. The first-order chi connectivity index (χ1) is 14.5. The summed E-state index contributed by atoms with van der Waals surface area (Å²) in [7, 11) is 1.63. The van der Waals surface area contributed by atoms with E-state index in [1.165, 1.54) is 11.3 Å². The Morgan fingerprint density at radius 1 is 1.20 bits per heavy atom. The van der Waals surface area contributed by atoms with Crippen LogP contribution in [0.1, 0.15) is 24.5 Å².